The number of aryl methyl sites for hydroxylation is 1. The molecule has 4 heterocycles. The molecule has 4 rings (SSSR count). The van der Waals surface area contributed by atoms with Crippen LogP contribution in [0.1, 0.15) is 12.3 Å². The van der Waals surface area contributed by atoms with Crippen molar-refractivity contribution < 1.29 is 4.52 Å². The van der Waals surface area contributed by atoms with E-state index < -0.39 is 0 Å². The molecule has 0 N–H and O–H groups in total. The Kier molecular flexibility index (Phi) is 4.98. The highest BCUT2D eigenvalue weighted by Crippen LogP contribution is 2.21. The Balaban J connectivity index is 1.21. The zero-order chi connectivity index (χ0) is 16.9. The van der Waals surface area contributed by atoms with Crippen molar-refractivity contribution in [3.8, 4) is 10.7 Å². The molecular formula is C17H20N6OS. The number of piperazine rings is 1. The van der Waals surface area contributed by atoms with Crippen LogP contribution < -0.4 is 4.90 Å². The Hall–Kier alpha value is -2.32. The van der Waals surface area contributed by atoms with E-state index in [2.05, 4.69) is 29.9 Å². The van der Waals surface area contributed by atoms with Gasteiger partial charge in [0.15, 0.2) is 0 Å². The quantitative estimate of drug-likeness (QED) is 0.671. The molecule has 1 aliphatic heterocycles. The van der Waals surface area contributed by atoms with Crippen molar-refractivity contribution in [2.45, 2.75) is 12.8 Å². The van der Waals surface area contributed by atoms with Gasteiger partial charge in [0.2, 0.25) is 17.7 Å². The lowest BCUT2D eigenvalue weighted by molar-refractivity contribution is 0.249. The van der Waals surface area contributed by atoms with Crippen LogP contribution in [0, 0.1) is 0 Å². The second-order valence-electron chi connectivity index (χ2n) is 5.97. The van der Waals surface area contributed by atoms with E-state index in [0.29, 0.717) is 5.82 Å². The number of thiophene rings is 1. The van der Waals surface area contributed by atoms with Gasteiger partial charge in [0, 0.05) is 45.0 Å². The molecule has 130 valence electrons. The summed E-state index contributed by atoms with van der Waals surface area (Å²) in [6.07, 6.45) is 5.43. The van der Waals surface area contributed by atoms with Crippen LogP contribution in [0.4, 0.5) is 5.95 Å². The van der Waals surface area contributed by atoms with Crippen LogP contribution in [0.25, 0.3) is 10.7 Å². The fourth-order valence-electron chi connectivity index (χ4n) is 2.94. The summed E-state index contributed by atoms with van der Waals surface area (Å²) in [5.41, 5.74) is 0. The van der Waals surface area contributed by atoms with Crippen molar-refractivity contribution >= 4 is 17.3 Å². The van der Waals surface area contributed by atoms with Gasteiger partial charge in [0.05, 0.1) is 4.88 Å². The van der Waals surface area contributed by atoms with Crippen LogP contribution >= 0.6 is 11.3 Å². The molecule has 0 aromatic carbocycles. The molecule has 0 amide bonds. The summed E-state index contributed by atoms with van der Waals surface area (Å²) in [6, 6.07) is 5.85. The smallest absolute Gasteiger partial charge is 0.227 e. The Morgan fingerprint density at radius 2 is 1.92 bits per heavy atom. The lowest BCUT2D eigenvalue weighted by atomic mass is 10.2. The molecule has 0 atom stereocenters. The highest BCUT2D eigenvalue weighted by Gasteiger charge is 2.18. The predicted molar refractivity (Wildman–Crippen MR) is 96.6 cm³/mol. The fraction of sp³-hybridized carbons (Fsp3) is 0.412. The molecule has 0 unspecified atom stereocenters. The van der Waals surface area contributed by atoms with E-state index in [4.69, 9.17) is 4.52 Å². The maximum atomic E-state index is 5.36. The minimum Gasteiger partial charge on any atom is -0.339 e. The monoisotopic (exact) mass is 356 g/mol. The molecule has 0 aliphatic carbocycles. The lowest BCUT2D eigenvalue weighted by Gasteiger charge is -2.34. The second-order valence-corrected chi connectivity index (χ2v) is 6.92. The Morgan fingerprint density at radius 1 is 1.08 bits per heavy atom. The van der Waals surface area contributed by atoms with Crippen LogP contribution in [0.2, 0.25) is 0 Å². The molecule has 1 aliphatic rings. The topological polar surface area (TPSA) is 71.2 Å². The van der Waals surface area contributed by atoms with Gasteiger partial charge in [-0.3, -0.25) is 4.90 Å². The Bertz CT molecular complexity index is 768. The van der Waals surface area contributed by atoms with Gasteiger partial charge >= 0.3 is 0 Å². The molecule has 3 aromatic rings. The maximum Gasteiger partial charge on any atom is 0.227 e. The maximum absolute atomic E-state index is 5.36. The van der Waals surface area contributed by atoms with Crippen LogP contribution in [0.15, 0.2) is 40.5 Å². The zero-order valence-corrected chi connectivity index (χ0v) is 14.7. The van der Waals surface area contributed by atoms with Crippen LogP contribution in [0.3, 0.4) is 0 Å². The molecule has 0 spiro atoms. The number of rotatable bonds is 6. The van der Waals surface area contributed by atoms with Crippen molar-refractivity contribution in [2.75, 3.05) is 37.6 Å². The average molecular weight is 356 g/mol. The van der Waals surface area contributed by atoms with Gasteiger partial charge in [0.1, 0.15) is 0 Å². The van der Waals surface area contributed by atoms with E-state index in [1.807, 2.05) is 23.6 Å². The Labute approximate surface area is 150 Å². The molecule has 0 saturated carbocycles. The summed E-state index contributed by atoms with van der Waals surface area (Å²) in [4.78, 5) is 18.9. The van der Waals surface area contributed by atoms with Crippen LogP contribution in [-0.2, 0) is 6.42 Å². The summed E-state index contributed by atoms with van der Waals surface area (Å²) in [5.74, 6) is 2.25. The third kappa shape index (κ3) is 4.02. The van der Waals surface area contributed by atoms with Gasteiger partial charge in [0.25, 0.3) is 0 Å². The zero-order valence-electron chi connectivity index (χ0n) is 13.9. The first-order valence-electron chi connectivity index (χ1n) is 8.49. The third-order valence-electron chi connectivity index (χ3n) is 4.28. The third-order valence-corrected chi connectivity index (χ3v) is 5.15. The first kappa shape index (κ1) is 16.2. The summed E-state index contributed by atoms with van der Waals surface area (Å²) >= 11 is 1.63. The van der Waals surface area contributed by atoms with Gasteiger partial charge in [-0.05, 0) is 30.5 Å². The van der Waals surface area contributed by atoms with Crippen molar-refractivity contribution in [1.82, 2.24) is 25.0 Å². The summed E-state index contributed by atoms with van der Waals surface area (Å²) in [6.45, 7) is 5.03. The number of nitrogens with zero attached hydrogens (tertiary/aromatic N) is 6. The van der Waals surface area contributed by atoms with E-state index in [0.717, 1.165) is 62.3 Å². The van der Waals surface area contributed by atoms with Gasteiger partial charge in [-0.25, -0.2) is 9.97 Å². The Morgan fingerprint density at radius 3 is 2.68 bits per heavy atom. The van der Waals surface area contributed by atoms with E-state index in [9.17, 15) is 0 Å². The normalized spacial score (nSPS) is 15.6. The molecule has 0 bridgehead atoms. The van der Waals surface area contributed by atoms with Gasteiger partial charge in [-0.1, -0.05) is 11.2 Å². The van der Waals surface area contributed by atoms with E-state index in [1.54, 1.807) is 23.7 Å². The fourth-order valence-corrected chi connectivity index (χ4v) is 3.59. The molecule has 0 radical (unpaired) electrons. The molecule has 1 saturated heterocycles. The summed E-state index contributed by atoms with van der Waals surface area (Å²) < 4.78 is 5.36. The first-order chi connectivity index (χ1) is 12.4. The van der Waals surface area contributed by atoms with Crippen molar-refractivity contribution in [3.63, 3.8) is 0 Å². The SMILES string of the molecule is c1cnc(N2CCN(CCCc3nc(-c4cccs4)no3)CC2)nc1. The largest absolute Gasteiger partial charge is 0.339 e. The molecule has 25 heavy (non-hydrogen) atoms. The minimum absolute atomic E-state index is 0.696. The minimum atomic E-state index is 0.696. The highest BCUT2D eigenvalue weighted by atomic mass is 32.1. The highest BCUT2D eigenvalue weighted by molar-refractivity contribution is 7.13. The van der Waals surface area contributed by atoms with Crippen LogP contribution in [0.5, 0.6) is 0 Å². The van der Waals surface area contributed by atoms with E-state index in [-0.39, 0.29) is 0 Å². The van der Waals surface area contributed by atoms with Crippen molar-refractivity contribution in [1.29, 1.82) is 0 Å². The van der Waals surface area contributed by atoms with E-state index >= 15 is 0 Å². The predicted octanol–water partition coefficient (Wildman–Crippen LogP) is 2.34. The first-order valence-corrected chi connectivity index (χ1v) is 9.37. The summed E-state index contributed by atoms with van der Waals surface area (Å²) in [7, 11) is 0. The summed E-state index contributed by atoms with van der Waals surface area (Å²) in [5, 5.41) is 6.08. The molecule has 3 aromatic heterocycles. The average Bonchev–Trinajstić information content (AvgIpc) is 3.35. The lowest BCUT2D eigenvalue weighted by Crippen LogP contribution is -2.47. The van der Waals surface area contributed by atoms with Gasteiger partial charge in [-0.2, -0.15) is 4.98 Å². The molecule has 1 fully saturated rings. The second kappa shape index (κ2) is 7.71. The van der Waals surface area contributed by atoms with Gasteiger partial charge in [-0.15, -0.1) is 11.3 Å². The molecular weight excluding hydrogens is 336 g/mol. The van der Waals surface area contributed by atoms with E-state index in [1.165, 1.54) is 0 Å². The van der Waals surface area contributed by atoms with Crippen molar-refractivity contribution in [3.05, 3.63) is 41.9 Å². The number of anilines is 1. The standard InChI is InChI=1S/C17H20N6OS/c1(5-15-20-16(21-24-15)14-4-2-13-25-14)8-22-9-11-23(12-10-22)17-18-6-3-7-19-17/h2-4,6-7,13H,1,5,8-12H2. The van der Waals surface area contributed by atoms with Gasteiger partial charge < -0.3 is 9.42 Å². The van der Waals surface area contributed by atoms with Crippen molar-refractivity contribution in [2.24, 2.45) is 0 Å². The number of hydrogen-bond acceptors (Lipinski definition) is 8. The molecule has 7 nitrogen and oxygen atoms in total. The number of hydrogen-bond donors (Lipinski definition) is 0. The molecule has 8 heteroatoms. The van der Waals surface area contributed by atoms with Crippen LogP contribution in [-0.4, -0.2) is 57.7 Å². The number of aromatic nitrogens is 4.